The number of thioether (sulfide) groups is 1. The lowest BCUT2D eigenvalue weighted by Gasteiger charge is -2.12. The Morgan fingerprint density at radius 3 is 2.55 bits per heavy atom. The molecule has 0 heterocycles. The van der Waals surface area contributed by atoms with E-state index < -0.39 is 0 Å². The summed E-state index contributed by atoms with van der Waals surface area (Å²) in [6.07, 6.45) is 0.646. The van der Waals surface area contributed by atoms with Gasteiger partial charge in [-0.2, -0.15) is 0 Å². The van der Waals surface area contributed by atoms with Gasteiger partial charge in [-0.3, -0.25) is 0 Å². The zero-order valence-electron chi connectivity index (χ0n) is 11.3. The monoisotopic (exact) mass is 309 g/mol. The highest BCUT2D eigenvalue weighted by Crippen LogP contribution is 2.21. The lowest BCUT2D eigenvalue weighted by molar-refractivity contribution is 0.623. The molecule has 2 N–H and O–H groups in total. The zero-order chi connectivity index (χ0) is 14.5. The summed E-state index contributed by atoms with van der Waals surface area (Å²) in [6.45, 7) is 2.06. The highest BCUT2D eigenvalue weighted by Gasteiger charge is 2.07. The maximum absolute atomic E-state index is 13.3. The van der Waals surface area contributed by atoms with E-state index in [2.05, 4.69) is 31.2 Å². The summed E-state index contributed by atoms with van der Waals surface area (Å²) < 4.78 is 13.3. The molecule has 0 aliphatic rings. The van der Waals surface area contributed by atoms with Crippen LogP contribution in [0.25, 0.3) is 0 Å². The summed E-state index contributed by atoms with van der Waals surface area (Å²) in [4.78, 5) is 1.20. The molecule has 0 aliphatic heterocycles. The lowest BCUT2D eigenvalue weighted by atomic mass is 10.1. The van der Waals surface area contributed by atoms with E-state index in [1.165, 1.54) is 16.5 Å². The molecule has 106 valence electrons. The minimum atomic E-state index is -0.387. The van der Waals surface area contributed by atoms with Crippen molar-refractivity contribution in [2.75, 3.05) is 5.75 Å². The van der Waals surface area contributed by atoms with Crippen LogP contribution in [0, 0.1) is 12.7 Å². The van der Waals surface area contributed by atoms with Gasteiger partial charge in [-0.1, -0.05) is 35.4 Å². The second-order valence-corrected chi connectivity index (χ2v) is 6.34. The fourth-order valence-electron chi connectivity index (χ4n) is 1.87. The highest BCUT2D eigenvalue weighted by molar-refractivity contribution is 7.99. The summed E-state index contributed by atoms with van der Waals surface area (Å²) in [6, 6.07) is 13.2. The summed E-state index contributed by atoms with van der Waals surface area (Å²) in [7, 11) is 0. The molecule has 0 radical (unpaired) electrons. The van der Waals surface area contributed by atoms with Crippen molar-refractivity contribution in [1.82, 2.24) is 0 Å². The third-order valence-electron chi connectivity index (χ3n) is 2.97. The standard InChI is InChI=1S/C16H17ClFNS/c1-11-2-5-14(6-3-11)20-10-13(19)8-12-4-7-15(17)16(18)9-12/h2-7,9,13H,8,10,19H2,1H3. The predicted molar refractivity (Wildman–Crippen MR) is 85.0 cm³/mol. The van der Waals surface area contributed by atoms with E-state index in [9.17, 15) is 4.39 Å². The number of aryl methyl sites for hydroxylation is 1. The highest BCUT2D eigenvalue weighted by atomic mass is 35.5. The van der Waals surface area contributed by atoms with Gasteiger partial charge in [-0.25, -0.2) is 4.39 Å². The van der Waals surface area contributed by atoms with Crippen molar-refractivity contribution in [2.45, 2.75) is 24.3 Å². The second kappa shape index (κ2) is 7.11. The van der Waals surface area contributed by atoms with Gasteiger partial charge in [0.2, 0.25) is 0 Å². The van der Waals surface area contributed by atoms with Crippen LogP contribution in [0.2, 0.25) is 5.02 Å². The van der Waals surface area contributed by atoms with E-state index in [1.807, 2.05) is 6.07 Å². The molecule has 0 aromatic heterocycles. The van der Waals surface area contributed by atoms with Gasteiger partial charge in [0, 0.05) is 16.7 Å². The fourth-order valence-corrected chi connectivity index (χ4v) is 2.84. The molecule has 2 aromatic rings. The average Bonchev–Trinajstić information content (AvgIpc) is 2.42. The first-order valence-electron chi connectivity index (χ1n) is 6.43. The third kappa shape index (κ3) is 4.51. The van der Waals surface area contributed by atoms with Gasteiger partial charge in [-0.05, 0) is 43.2 Å². The van der Waals surface area contributed by atoms with Gasteiger partial charge in [0.25, 0.3) is 0 Å². The molecular formula is C16H17ClFNS. The van der Waals surface area contributed by atoms with E-state index in [-0.39, 0.29) is 16.9 Å². The third-order valence-corrected chi connectivity index (χ3v) is 4.47. The summed E-state index contributed by atoms with van der Waals surface area (Å²) in [5.74, 6) is 0.412. The Bertz CT molecular complexity index is 571. The minimum Gasteiger partial charge on any atom is -0.327 e. The van der Waals surface area contributed by atoms with Gasteiger partial charge in [0.1, 0.15) is 5.82 Å². The van der Waals surface area contributed by atoms with Gasteiger partial charge >= 0.3 is 0 Å². The molecule has 4 heteroatoms. The van der Waals surface area contributed by atoms with Crippen LogP contribution in [0.4, 0.5) is 4.39 Å². The molecule has 0 saturated carbocycles. The molecule has 20 heavy (non-hydrogen) atoms. The number of benzene rings is 2. The molecular weight excluding hydrogens is 293 g/mol. The lowest BCUT2D eigenvalue weighted by Crippen LogP contribution is -2.25. The molecule has 1 unspecified atom stereocenters. The smallest absolute Gasteiger partial charge is 0.142 e. The van der Waals surface area contributed by atoms with Gasteiger partial charge < -0.3 is 5.73 Å². The molecule has 0 bridgehead atoms. The van der Waals surface area contributed by atoms with Crippen molar-refractivity contribution >= 4 is 23.4 Å². The molecule has 1 nitrogen and oxygen atoms in total. The van der Waals surface area contributed by atoms with Crippen molar-refractivity contribution in [1.29, 1.82) is 0 Å². The molecule has 0 fully saturated rings. The van der Waals surface area contributed by atoms with Crippen molar-refractivity contribution in [3.8, 4) is 0 Å². The van der Waals surface area contributed by atoms with E-state index in [4.69, 9.17) is 17.3 Å². The second-order valence-electron chi connectivity index (χ2n) is 4.84. The van der Waals surface area contributed by atoms with Crippen LogP contribution in [-0.4, -0.2) is 11.8 Å². The molecule has 0 aliphatic carbocycles. The van der Waals surface area contributed by atoms with Gasteiger partial charge in [-0.15, -0.1) is 11.8 Å². The summed E-state index contributed by atoms with van der Waals surface area (Å²) >= 11 is 7.38. The predicted octanol–water partition coefficient (Wildman–Crippen LogP) is 4.45. The Balaban J connectivity index is 1.87. The van der Waals surface area contributed by atoms with Crippen LogP contribution >= 0.6 is 23.4 Å². The molecule has 1 atom stereocenters. The minimum absolute atomic E-state index is 0.0121. The first-order valence-corrected chi connectivity index (χ1v) is 7.80. The van der Waals surface area contributed by atoms with E-state index in [0.29, 0.717) is 6.42 Å². The molecule has 0 spiro atoms. The average molecular weight is 310 g/mol. The maximum atomic E-state index is 13.3. The maximum Gasteiger partial charge on any atom is 0.142 e. The quantitative estimate of drug-likeness (QED) is 0.826. The van der Waals surface area contributed by atoms with Crippen LogP contribution in [-0.2, 0) is 6.42 Å². The van der Waals surface area contributed by atoms with Crippen molar-refractivity contribution in [3.63, 3.8) is 0 Å². The topological polar surface area (TPSA) is 26.0 Å². The SMILES string of the molecule is Cc1ccc(SCC(N)Cc2ccc(Cl)c(F)c2)cc1. The molecule has 0 amide bonds. The fraction of sp³-hybridized carbons (Fsp3) is 0.250. The zero-order valence-corrected chi connectivity index (χ0v) is 12.8. The number of halogens is 2. The van der Waals surface area contributed by atoms with E-state index >= 15 is 0 Å². The van der Waals surface area contributed by atoms with Crippen LogP contribution in [0.3, 0.4) is 0 Å². The Labute approximate surface area is 128 Å². The Morgan fingerprint density at radius 2 is 1.90 bits per heavy atom. The summed E-state index contributed by atoms with van der Waals surface area (Å²) in [5, 5.41) is 0.149. The number of hydrogen-bond acceptors (Lipinski definition) is 2. The molecule has 2 rings (SSSR count). The van der Waals surface area contributed by atoms with Crippen LogP contribution in [0.1, 0.15) is 11.1 Å². The normalized spacial score (nSPS) is 12.4. The Morgan fingerprint density at radius 1 is 1.20 bits per heavy atom. The van der Waals surface area contributed by atoms with Crippen molar-refractivity contribution < 1.29 is 4.39 Å². The van der Waals surface area contributed by atoms with Crippen LogP contribution < -0.4 is 5.73 Å². The number of rotatable bonds is 5. The Kier molecular flexibility index (Phi) is 5.46. The number of hydrogen-bond donors (Lipinski definition) is 1. The van der Waals surface area contributed by atoms with Gasteiger partial charge in [0.15, 0.2) is 0 Å². The summed E-state index contributed by atoms with van der Waals surface area (Å²) in [5.41, 5.74) is 8.22. The molecule has 2 aromatic carbocycles. The molecule has 0 saturated heterocycles. The first kappa shape index (κ1) is 15.4. The van der Waals surface area contributed by atoms with Crippen molar-refractivity contribution in [2.24, 2.45) is 5.73 Å². The Hall–Kier alpha value is -1.03. The first-order chi connectivity index (χ1) is 9.54. The van der Waals surface area contributed by atoms with Crippen molar-refractivity contribution in [3.05, 3.63) is 64.4 Å². The van der Waals surface area contributed by atoms with E-state index in [1.54, 1.807) is 17.8 Å². The van der Waals surface area contributed by atoms with Crippen LogP contribution in [0.15, 0.2) is 47.4 Å². The number of nitrogens with two attached hydrogens (primary N) is 1. The largest absolute Gasteiger partial charge is 0.327 e. The van der Waals surface area contributed by atoms with Gasteiger partial charge in [0.05, 0.1) is 5.02 Å². The van der Waals surface area contributed by atoms with E-state index in [0.717, 1.165) is 11.3 Å². The van der Waals surface area contributed by atoms with Crippen LogP contribution in [0.5, 0.6) is 0 Å².